The number of amides is 2. The molecular formula is C23H19N5O4S. The molecule has 3 aromatic heterocycles. The van der Waals surface area contributed by atoms with Gasteiger partial charge in [-0.1, -0.05) is 23.4 Å². The van der Waals surface area contributed by atoms with Crippen LogP contribution in [0.1, 0.15) is 22.7 Å². The summed E-state index contributed by atoms with van der Waals surface area (Å²) >= 11 is 1.45. The minimum absolute atomic E-state index is 0.110. The van der Waals surface area contributed by atoms with Crippen LogP contribution in [0, 0.1) is 0 Å². The van der Waals surface area contributed by atoms with Gasteiger partial charge in [0.2, 0.25) is 5.60 Å². The molecule has 5 rings (SSSR count). The number of nitrogens with zero attached hydrogens (tertiary/aromatic N) is 4. The quantitative estimate of drug-likeness (QED) is 0.466. The second-order valence-corrected chi connectivity index (χ2v) is 8.74. The van der Waals surface area contributed by atoms with E-state index in [4.69, 9.17) is 10.3 Å². The monoisotopic (exact) mass is 461 g/mol. The van der Waals surface area contributed by atoms with Crippen LogP contribution in [0.15, 0.2) is 58.7 Å². The summed E-state index contributed by atoms with van der Waals surface area (Å²) in [5.74, 6) is -0.931. The number of likely N-dealkylation sites (tertiary alicyclic amines) is 1. The third-order valence-electron chi connectivity index (χ3n) is 5.68. The van der Waals surface area contributed by atoms with Crippen LogP contribution in [0.25, 0.3) is 33.0 Å². The molecule has 3 N–H and O–H groups in total. The molecule has 1 aromatic carbocycles. The number of nitrogens with two attached hydrogens (primary N) is 1. The Morgan fingerprint density at radius 1 is 1.18 bits per heavy atom. The SMILES string of the molecule is CN1CCC(O)(c2cc(-c3cccc(-c4cc(-c5cncs5)cc(C(N)=O)n4)c3)no2)C1=O. The number of hydrogen-bond donors (Lipinski definition) is 2. The van der Waals surface area contributed by atoms with Gasteiger partial charge in [0.25, 0.3) is 11.8 Å². The van der Waals surface area contributed by atoms with E-state index in [9.17, 15) is 14.7 Å². The van der Waals surface area contributed by atoms with Gasteiger partial charge in [0.15, 0.2) is 5.76 Å². The van der Waals surface area contributed by atoms with Crippen LogP contribution in [-0.4, -0.2) is 50.5 Å². The zero-order chi connectivity index (χ0) is 23.2. The first-order chi connectivity index (χ1) is 15.8. The minimum Gasteiger partial charge on any atom is -0.373 e. The van der Waals surface area contributed by atoms with Crippen molar-refractivity contribution in [3.05, 3.63) is 65.6 Å². The van der Waals surface area contributed by atoms with Gasteiger partial charge in [0.05, 0.1) is 16.1 Å². The van der Waals surface area contributed by atoms with Crippen LogP contribution < -0.4 is 5.73 Å². The fourth-order valence-electron chi connectivity index (χ4n) is 3.83. The third kappa shape index (κ3) is 3.69. The van der Waals surface area contributed by atoms with Crippen molar-refractivity contribution in [2.45, 2.75) is 12.0 Å². The molecule has 1 atom stereocenters. The lowest BCUT2D eigenvalue weighted by molar-refractivity contribution is -0.144. The van der Waals surface area contributed by atoms with Crippen LogP contribution >= 0.6 is 11.3 Å². The molecule has 4 aromatic rings. The Hall–Kier alpha value is -3.89. The van der Waals surface area contributed by atoms with Gasteiger partial charge < -0.3 is 20.3 Å². The second-order valence-electron chi connectivity index (χ2n) is 7.85. The molecule has 1 unspecified atom stereocenters. The summed E-state index contributed by atoms with van der Waals surface area (Å²) in [5, 5.41) is 14.9. The number of pyridine rings is 1. The Morgan fingerprint density at radius 3 is 2.64 bits per heavy atom. The van der Waals surface area contributed by atoms with E-state index in [1.165, 1.54) is 16.2 Å². The van der Waals surface area contributed by atoms with Crippen LogP contribution in [0.3, 0.4) is 0 Å². The lowest BCUT2D eigenvalue weighted by Crippen LogP contribution is -2.35. The molecule has 2 amide bonds. The summed E-state index contributed by atoms with van der Waals surface area (Å²) in [4.78, 5) is 35.1. The standard InChI is InChI=1S/C23H19N5O4S/c1-28-6-5-23(31,22(28)30)20-10-17(27-32-20)14-4-2-3-13(7-14)16-8-15(19-11-25-12-33-19)9-18(26-16)21(24)29/h2-4,7-12,31H,5-6H2,1H3,(H2,24,29). The van der Waals surface area contributed by atoms with Gasteiger partial charge in [-0.05, 0) is 23.8 Å². The maximum absolute atomic E-state index is 12.4. The molecule has 0 aliphatic carbocycles. The molecule has 33 heavy (non-hydrogen) atoms. The van der Waals surface area contributed by atoms with Crippen molar-refractivity contribution in [3.63, 3.8) is 0 Å². The normalized spacial score (nSPS) is 18.1. The lowest BCUT2D eigenvalue weighted by Gasteiger charge is -2.16. The van der Waals surface area contributed by atoms with E-state index >= 15 is 0 Å². The summed E-state index contributed by atoms with van der Waals surface area (Å²) in [6.45, 7) is 0.435. The van der Waals surface area contributed by atoms with Gasteiger partial charge in [-0.3, -0.25) is 14.6 Å². The first-order valence-electron chi connectivity index (χ1n) is 10.1. The van der Waals surface area contributed by atoms with Gasteiger partial charge >= 0.3 is 0 Å². The molecule has 9 nitrogen and oxygen atoms in total. The second kappa shape index (κ2) is 7.91. The predicted molar refractivity (Wildman–Crippen MR) is 121 cm³/mol. The molecule has 0 saturated carbocycles. The number of hydrogen-bond acceptors (Lipinski definition) is 8. The van der Waals surface area contributed by atoms with Gasteiger partial charge in [-0.15, -0.1) is 11.3 Å². The van der Waals surface area contributed by atoms with E-state index in [0.717, 1.165) is 16.0 Å². The van der Waals surface area contributed by atoms with Crippen LogP contribution in [0.5, 0.6) is 0 Å². The Kier molecular flexibility index (Phi) is 5.03. The molecule has 0 radical (unpaired) electrons. The van der Waals surface area contributed by atoms with E-state index in [0.29, 0.717) is 23.5 Å². The van der Waals surface area contributed by atoms with Crippen molar-refractivity contribution in [2.24, 2.45) is 5.73 Å². The maximum Gasteiger partial charge on any atom is 0.267 e. The number of benzene rings is 1. The first kappa shape index (κ1) is 21.0. The van der Waals surface area contributed by atoms with E-state index in [-0.39, 0.29) is 17.9 Å². The number of aromatic nitrogens is 3. The smallest absolute Gasteiger partial charge is 0.267 e. The number of thiazole rings is 1. The van der Waals surface area contributed by atoms with Crippen LogP contribution in [0.2, 0.25) is 0 Å². The number of aliphatic hydroxyl groups is 1. The van der Waals surface area contributed by atoms with Crippen molar-refractivity contribution < 1.29 is 19.2 Å². The fourth-order valence-corrected chi connectivity index (χ4v) is 4.44. The van der Waals surface area contributed by atoms with Gasteiger partial charge in [0, 0.05) is 43.4 Å². The molecule has 4 heterocycles. The summed E-state index contributed by atoms with van der Waals surface area (Å²) in [7, 11) is 1.63. The van der Waals surface area contributed by atoms with E-state index in [1.54, 1.807) is 30.9 Å². The Balaban J connectivity index is 1.53. The van der Waals surface area contributed by atoms with Gasteiger partial charge in [-0.25, -0.2) is 4.98 Å². The Labute approximate surface area is 192 Å². The molecule has 0 bridgehead atoms. The number of carbonyl (C=O) groups is 2. The molecule has 0 spiro atoms. The molecule has 1 aliphatic heterocycles. The zero-order valence-corrected chi connectivity index (χ0v) is 18.4. The highest BCUT2D eigenvalue weighted by Crippen LogP contribution is 2.35. The number of rotatable bonds is 5. The highest BCUT2D eigenvalue weighted by atomic mass is 32.1. The summed E-state index contributed by atoms with van der Waals surface area (Å²) < 4.78 is 5.36. The van der Waals surface area contributed by atoms with E-state index in [2.05, 4.69) is 15.1 Å². The van der Waals surface area contributed by atoms with Crippen molar-refractivity contribution in [1.82, 2.24) is 20.0 Å². The Morgan fingerprint density at radius 2 is 1.97 bits per heavy atom. The highest BCUT2D eigenvalue weighted by Gasteiger charge is 2.48. The van der Waals surface area contributed by atoms with Crippen molar-refractivity contribution >= 4 is 23.2 Å². The predicted octanol–water partition coefficient (Wildman–Crippen LogP) is 2.68. The molecule has 1 saturated heterocycles. The summed E-state index contributed by atoms with van der Waals surface area (Å²) in [5.41, 5.74) is 8.92. The fraction of sp³-hybridized carbons (Fsp3) is 0.174. The lowest BCUT2D eigenvalue weighted by atomic mass is 9.97. The van der Waals surface area contributed by atoms with Crippen LogP contribution in [0.4, 0.5) is 0 Å². The molecule has 1 aliphatic rings. The molecule has 166 valence electrons. The molecular weight excluding hydrogens is 442 g/mol. The van der Waals surface area contributed by atoms with Crippen molar-refractivity contribution in [3.8, 4) is 33.0 Å². The highest BCUT2D eigenvalue weighted by molar-refractivity contribution is 7.13. The third-order valence-corrected chi connectivity index (χ3v) is 6.50. The number of likely N-dealkylation sites (N-methyl/N-ethyl adjacent to an activating group) is 1. The summed E-state index contributed by atoms with van der Waals surface area (Å²) in [6, 6.07) is 12.4. The number of primary amides is 1. The van der Waals surface area contributed by atoms with Gasteiger partial charge in [0.1, 0.15) is 11.4 Å². The summed E-state index contributed by atoms with van der Waals surface area (Å²) in [6.07, 6.45) is 1.95. The Bertz CT molecular complexity index is 1370. The van der Waals surface area contributed by atoms with Crippen molar-refractivity contribution in [1.29, 1.82) is 0 Å². The average Bonchev–Trinajstić information content (AvgIpc) is 3.58. The van der Waals surface area contributed by atoms with E-state index in [1.807, 2.05) is 30.3 Å². The van der Waals surface area contributed by atoms with E-state index < -0.39 is 17.4 Å². The number of carbonyl (C=O) groups excluding carboxylic acids is 2. The first-order valence-corrected chi connectivity index (χ1v) is 11.0. The van der Waals surface area contributed by atoms with Crippen molar-refractivity contribution in [2.75, 3.05) is 13.6 Å². The average molecular weight is 462 g/mol. The maximum atomic E-state index is 12.4. The largest absolute Gasteiger partial charge is 0.373 e. The topological polar surface area (TPSA) is 135 Å². The zero-order valence-electron chi connectivity index (χ0n) is 17.6. The molecule has 10 heteroatoms. The minimum atomic E-state index is -1.71. The van der Waals surface area contributed by atoms with Crippen LogP contribution in [-0.2, 0) is 10.4 Å². The van der Waals surface area contributed by atoms with Gasteiger partial charge in [-0.2, -0.15) is 0 Å². The molecule has 1 fully saturated rings.